The minimum atomic E-state index is -0.888. The molecule has 0 atom stereocenters. The van der Waals surface area contributed by atoms with E-state index in [1.807, 2.05) is 0 Å². The fraction of sp³-hybridized carbons (Fsp3) is 0.448. The van der Waals surface area contributed by atoms with Crippen LogP contribution in [0.25, 0.3) is 0 Å². The molecule has 3 heteroatoms. The zero-order valence-corrected chi connectivity index (χ0v) is 19.0. The maximum Gasteiger partial charge on any atom is 0.201 e. The van der Waals surface area contributed by atoms with E-state index in [0.29, 0.717) is 23.3 Å². The lowest BCUT2D eigenvalue weighted by Crippen LogP contribution is -2.14. The molecule has 0 bridgehead atoms. The van der Waals surface area contributed by atoms with Gasteiger partial charge in [0.2, 0.25) is 5.82 Å². The highest BCUT2D eigenvalue weighted by Crippen LogP contribution is 2.43. The van der Waals surface area contributed by atoms with Crippen LogP contribution >= 0.6 is 0 Å². The quantitative estimate of drug-likeness (QED) is 0.325. The molecule has 0 spiro atoms. The molecule has 2 saturated carbocycles. The second kappa shape index (κ2) is 10.5. The molecule has 4 rings (SSSR count). The van der Waals surface area contributed by atoms with Crippen LogP contribution in [0.2, 0.25) is 0 Å². The van der Waals surface area contributed by atoms with Crippen LogP contribution in [-0.4, -0.2) is 0 Å². The summed E-state index contributed by atoms with van der Waals surface area (Å²) in [6.07, 6.45) is 13.9. The Kier molecular flexibility index (Phi) is 7.44. The number of rotatable bonds is 6. The van der Waals surface area contributed by atoms with Gasteiger partial charge in [0.25, 0.3) is 0 Å². The molecule has 2 aromatic carbocycles. The average molecular weight is 437 g/mol. The number of hydrogen-bond donors (Lipinski definition) is 0. The highest BCUT2D eigenvalue weighted by molar-refractivity contribution is 5.34. The van der Waals surface area contributed by atoms with E-state index in [2.05, 4.69) is 36.9 Å². The van der Waals surface area contributed by atoms with E-state index in [-0.39, 0.29) is 11.7 Å². The zero-order chi connectivity index (χ0) is 22.5. The highest BCUT2D eigenvalue weighted by atomic mass is 19.2. The van der Waals surface area contributed by atoms with Gasteiger partial charge in [-0.25, -0.2) is 4.39 Å². The molecule has 2 aromatic rings. The first-order valence-corrected chi connectivity index (χ1v) is 12.1. The molecule has 0 saturated heterocycles. The van der Waals surface area contributed by atoms with Crippen molar-refractivity contribution in [3.8, 4) is 5.75 Å². The molecule has 0 unspecified atom stereocenters. The maximum absolute atomic E-state index is 14.7. The zero-order valence-electron chi connectivity index (χ0n) is 19.0. The van der Waals surface area contributed by atoms with Crippen molar-refractivity contribution >= 4 is 0 Å². The average Bonchev–Trinajstić information content (AvgIpc) is 2.85. The molecule has 0 aromatic heterocycles. The predicted molar refractivity (Wildman–Crippen MR) is 127 cm³/mol. The molecular weight excluding hydrogens is 402 g/mol. The van der Waals surface area contributed by atoms with E-state index < -0.39 is 11.6 Å². The van der Waals surface area contributed by atoms with Gasteiger partial charge in [0.05, 0.1) is 6.26 Å². The summed E-state index contributed by atoms with van der Waals surface area (Å²) < 4.78 is 34.2. The summed E-state index contributed by atoms with van der Waals surface area (Å²) in [5.41, 5.74) is 3.33. The molecule has 2 fully saturated rings. The van der Waals surface area contributed by atoms with Gasteiger partial charge in [-0.3, -0.25) is 0 Å². The van der Waals surface area contributed by atoms with Crippen LogP contribution in [0.5, 0.6) is 5.75 Å². The lowest BCUT2D eigenvalue weighted by molar-refractivity contribution is 0.371. The molecule has 2 aliphatic carbocycles. The van der Waals surface area contributed by atoms with Gasteiger partial charge in [-0.05, 0) is 105 Å². The van der Waals surface area contributed by atoms with Crippen molar-refractivity contribution in [2.45, 2.75) is 76.0 Å². The van der Waals surface area contributed by atoms with E-state index in [1.54, 1.807) is 25.1 Å². The first kappa shape index (κ1) is 22.8. The van der Waals surface area contributed by atoms with Crippen molar-refractivity contribution in [1.29, 1.82) is 0 Å². The standard InChI is InChI=1S/C29H34F2O/c1-3-19-32-27-18-17-26(28(30)29(27)31)25-15-13-24(14-16-25)23-11-9-22(10-12-23)21-7-5-20(4-2)6-8-21/h3-4,9-12,17-21,24-25H,2,5-8,13-16H2,1H3. The van der Waals surface area contributed by atoms with Crippen molar-refractivity contribution in [2.24, 2.45) is 5.92 Å². The van der Waals surface area contributed by atoms with Gasteiger partial charge in [0, 0.05) is 0 Å². The monoisotopic (exact) mass is 436 g/mol. The van der Waals surface area contributed by atoms with Gasteiger partial charge >= 0.3 is 0 Å². The number of benzene rings is 2. The maximum atomic E-state index is 14.7. The molecule has 1 nitrogen and oxygen atoms in total. The Labute approximate surface area is 191 Å². The van der Waals surface area contributed by atoms with Gasteiger partial charge < -0.3 is 4.74 Å². The summed E-state index contributed by atoms with van der Waals surface area (Å²) in [6, 6.07) is 12.5. The Morgan fingerprint density at radius 3 is 1.81 bits per heavy atom. The summed E-state index contributed by atoms with van der Waals surface area (Å²) in [6.45, 7) is 5.71. The van der Waals surface area contributed by atoms with Crippen molar-refractivity contribution < 1.29 is 13.5 Å². The largest absolute Gasteiger partial charge is 0.462 e. The fourth-order valence-corrected chi connectivity index (χ4v) is 5.56. The van der Waals surface area contributed by atoms with E-state index in [9.17, 15) is 8.78 Å². The van der Waals surface area contributed by atoms with Gasteiger partial charge in [0.15, 0.2) is 11.6 Å². The minimum absolute atomic E-state index is 0.0592. The Hall–Kier alpha value is -2.42. The van der Waals surface area contributed by atoms with E-state index in [0.717, 1.165) is 25.7 Å². The van der Waals surface area contributed by atoms with Crippen molar-refractivity contribution in [1.82, 2.24) is 0 Å². The van der Waals surface area contributed by atoms with Crippen LogP contribution in [0.4, 0.5) is 8.78 Å². The summed E-state index contributed by atoms with van der Waals surface area (Å²) in [4.78, 5) is 0. The molecular formula is C29H34F2O. The Morgan fingerprint density at radius 2 is 1.28 bits per heavy atom. The van der Waals surface area contributed by atoms with E-state index in [4.69, 9.17) is 4.74 Å². The number of allylic oxidation sites excluding steroid dienone is 2. The van der Waals surface area contributed by atoms with Crippen LogP contribution in [0, 0.1) is 17.6 Å². The number of ether oxygens (including phenoxy) is 1. The Balaban J connectivity index is 1.36. The number of halogens is 2. The summed E-state index contributed by atoms with van der Waals surface area (Å²) in [5.74, 6) is 0.227. The van der Waals surface area contributed by atoms with Gasteiger partial charge in [-0.15, -0.1) is 6.58 Å². The molecule has 170 valence electrons. The van der Waals surface area contributed by atoms with E-state index >= 15 is 0 Å². The highest BCUT2D eigenvalue weighted by Gasteiger charge is 2.28. The van der Waals surface area contributed by atoms with Crippen molar-refractivity contribution in [2.75, 3.05) is 0 Å². The molecule has 0 heterocycles. The second-order valence-corrected chi connectivity index (χ2v) is 9.43. The first-order chi connectivity index (χ1) is 15.6. The van der Waals surface area contributed by atoms with Gasteiger partial charge in [0.1, 0.15) is 0 Å². The second-order valence-electron chi connectivity index (χ2n) is 9.43. The van der Waals surface area contributed by atoms with Crippen LogP contribution in [-0.2, 0) is 0 Å². The third-order valence-corrected chi connectivity index (χ3v) is 7.56. The smallest absolute Gasteiger partial charge is 0.201 e. The summed E-state index contributed by atoms with van der Waals surface area (Å²) in [5, 5.41) is 0. The number of hydrogen-bond acceptors (Lipinski definition) is 1. The van der Waals surface area contributed by atoms with Crippen LogP contribution in [0.1, 0.15) is 92.7 Å². The normalized spacial score (nSPS) is 26.2. The Morgan fingerprint density at radius 1 is 0.750 bits per heavy atom. The van der Waals surface area contributed by atoms with Crippen molar-refractivity contribution in [3.63, 3.8) is 0 Å². The molecule has 2 aliphatic rings. The van der Waals surface area contributed by atoms with Crippen molar-refractivity contribution in [3.05, 3.63) is 89.7 Å². The van der Waals surface area contributed by atoms with Crippen LogP contribution < -0.4 is 4.74 Å². The molecule has 0 aliphatic heterocycles. The first-order valence-electron chi connectivity index (χ1n) is 12.1. The SMILES string of the molecule is C=CC1CCC(c2ccc(C3CCC(c4ccc(OC=CC)c(F)c4F)CC3)cc2)CC1. The van der Waals surface area contributed by atoms with Gasteiger partial charge in [-0.1, -0.05) is 42.5 Å². The molecule has 32 heavy (non-hydrogen) atoms. The fourth-order valence-electron chi connectivity index (χ4n) is 5.56. The van der Waals surface area contributed by atoms with Crippen LogP contribution in [0.3, 0.4) is 0 Å². The topological polar surface area (TPSA) is 9.23 Å². The molecule has 0 radical (unpaired) electrons. The molecule has 0 N–H and O–H groups in total. The molecule has 0 amide bonds. The van der Waals surface area contributed by atoms with E-state index in [1.165, 1.54) is 43.1 Å². The predicted octanol–water partition coefficient (Wildman–Crippen LogP) is 8.78. The third kappa shape index (κ3) is 4.98. The summed E-state index contributed by atoms with van der Waals surface area (Å²) >= 11 is 0. The lowest BCUT2D eigenvalue weighted by Gasteiger charge is -2.30. The Bertz CT molecular complexity index is 930. The lowest BCUT2D eigenvalue weighted by atomic mass is 9.75. The minimum Gasteiger partial charge on any atom is -0.462 e. The van der Waals surface area contributed by atoms with Gasteiger partial charge in [-0.2, -0.15) is 4.39 Å². The van der Waals surface area contributed by atoms with Crippen LogP contribution in [0.15, 0.2) is 61.4 Å². The summed E-state index contributed by atoms with van der Waals surface area (Å²) in [7, 11) is 0. The third-order valence-electron chi connectivity index (χ3n) is 7.56.